The zero-order valence-electron chi connectivity index (χ0n) is 12.4. The highest BCUT2D eigenvalue weighted by molar-refractivity contribution is 7.89. The minimum Gasteiger partial charge on any atom is -0.355 e. The maximum absolute atomic E-state index is 11.9. The van der Waals surface area contributed by atoms with Gasteiger partial charge in [0.05, 0.1) is 5.75 Å². The van der Waals surface area contributed by atoms with E-state index in [0.29, 0.717) is 5.92 Å². The fraction of sp³-hybridized carbons (Fsp3) is 0.533. The SMILES string of the molecule is CC(C)c1ccc([C@@H]2C[C@@H]2C(=O)NCCS(N)(=O)=O)cc1. The van der Waals surface area contributed by atoms with Gasteiger partial charge in [-0.05, 0) is 29.4 Å². The lowest BCUT2D eigenvalue weighted by molar-refractivity contribution is -0.122. The molecule has 5 nitrogen and oxygen atoms in total. The van der Waals surface area contributed by atoms with Crippen LogP contribution < -0.4 is 10.5 Å². The van der Waals surface area contributed by atoms with Crippen LogP contribution in [0, 0.1) is 5.92 Å². The molecule has 0 bridgehead atoms. The Labute approximate surface area is 126 Å². The van der Waals surface area contributed by atoms with E-state index >= 15 is 0 Å². The topological polar surface area (TPSA) is 89.3 Å². The number of hydrogen-bond acceptors (Lipinski definition) is 3. The Bertz CT molecular complexity index is 608. The number of primary sulfonamides is 1. The lowest BCUT2D eigenvalue weighted by atomic mass is 10.00. The molecule has 0 aromatic heterocycles. The number of amides is 1. The summed E-state index contributed by atoms with van der Waals surface area (Å²) in [5.74, 6) is 0.391. The van der Waals surface area contributed by atoms with Gasteiger partial charge in [-0.2, -0.15) is 0 Å². The van der Waals surface area contributed by atoms with Crippen LogP contribution in [0.25, 0.3) is 0 Å². The lowest BCUT2D eigenvalue weighted by Gasteiger charge is -2.07. The van der Waals surface area contributed by atoms with Gasteiger partial charge < -0.3 is 5.32 Å². The van der Waals surface area contributed by atoms with Crippen molar-refractivity contribution in [1.29, 1.82) is 0 Å². The smallest absolute Gasteiger partial charge is 0.223 e. The van der Waals surface area contributed by atoms with E-state index in [1.54, 1.807) is 0 Å². The van der Waals surface area contributed by atoms with Gasteiger partial charge in [0, 0.05) is 12.5 Å². The van der Waals surface area contributed by atoms with Gasteiger partial charge >= 0.3 is 0 Å². The monoisotopic (exact) mass is 310 g/mol. The summed E-state index contributed by atoms with van der Waals surface area (Å²) in [7, 11) is -3.52. The van der Waals surface area contributed by atoms with Crippen LogP contribution in [0.5, 0.6) is 0 Å². The van der Waals surface area contributed by atoms with Crippen molar-refractivity contribution in [2.24, 2.45) is 11.1 Å². The Morgan fingerprint density at radius 2 is 1.95 bits per heavy atom. The number of sulfonamides is 1. The molecular formula is C15H22N2O3S. The van der Waals surface area contributed by atoms with Crippen LogP contribution in [-0.4, -0.2) is 26.6 Å². The molecule has 2 atom stereocenters. The quantitative estimate of drug-likeness (QED) is 0.830. The van der Waals surface area contributed by atoms with Gasteiger partial charge in [0.15, 0.2) is 0 Å². The summed E-state index contributed by atoms with van der Waals surface area (Å²) in [6.45, 7) is 4.37. The number of carbonyl (C=O) groups excluding carboxylic acids is 1. The molecule has 0 heterocycles. The van der Waals surface area contributed by atoms with Crippen molar-refractivity contribution < 1.29 is 13.2 Å². The summed E-state index contributed by atoms with van der Waals surface area (Å²) in [5, 5.41) is 7.52. The predicted molar refractivity (Wildman–Crippen MR) is 82.4 cm³/mol. The molecule has 116 valence electrons. The first-order chi connectivity index (χ1) is 9.78. The van der Waals surface area contributed by atoms with E-state index in [9.17, 15) is 13.2 Å². The summed E-state index contributed by atoms with van der Waals surface area (Å²) in [6.07, 6.45) is 0.822. The summed E-state index contributed by atoms with van der Waals surface area (Å²) in [6, 6.07) is 8.37. The van der Waals surface area contributed by atoms with E-state index in [-0.39, 0.29) is 30.0 Å². The summed E-state index contributed by atoms with van der Waals surface area (Å²) in [5.41, 5.74) is 2.46. The highest BCUT2D eigenvalue weighted by Gasteiger charge is 2.43. The summed E-state index contributed by atoms with van der Waals surface area (Å²) in [4.78, 5) is 11.9. The molecule has 3 N–H and O–H groups in total. The molecular weight excluding hydrogens is 288 g/mol. The van der Waals surface area contributed by atoms with Crippen LogP contribution in [0.2, 0.25) is 0 Å². The number of nitrogens with one attached hydrogen (secondary N) is 1. The molecule has 0 saturated heterocycles. The normalized spacial score (nSPS) is 21.3. The molecule has 1 aliphatic carbocycles. The van der Waals surface area contributed by atoms with Gasteiger partial charge in [-0.3, -0.25) is 4.79 Å². The summed E-state index contributed by atoms with van der Waals surface area (Å²) >= 11 is 0. The number of hydrogen-bond donors (Lipinski definition) is 2. The number of rotatable bonds is 6. The predicted octanol–water partition coefficient (Wildman–Crippen LogP) is 1.32. The Morgan fingerprint density at radius 1 is 1.33 bits per heavy atom. The lowest BCUT2D eigenvalue weighted by Crippen LogP contribution is -2.32. The number of nitrogens with two attached hydrogens (primary N) is 1. The fourth-order valence-electron chi connectivity index (χ4n) is 2.43. The van der Waals surface area contributed by atoms with Crippen molar-refractivity contribution in [2.75, 3.05) is 12.3 Å². The Hall–Kier alpha value is -1.40. The van der Waals surface area contributed by atoms with Crippen molar-refractivity contribution in [3.8, 4) is 0 Å². The number of benzene rings is 1. The molecule has 0 aliphatic heterocycles. The van der Waals surface area contributed by atoms with Crippen LogP contribution >= 0.6 is 0 Å². The van der Waals surface area contributed by atoms with Gasteiger partial charge in [-0.25, -0.2) is 13.6 Å². The van der Waals surface area contributed by atoms with Gasteiger partial charge in [-0.1, -0.05) is 38.1 Å². The third kappa shape index (κ3) is 4.54. The van der Waals surface area contributed by atoms with Crippen LogP contribution in [0.15, 0.2) is 24.3 Å². The van der Waals surface area contributed by atoms with E-state index in [4.69, 9.17) is 5.14 Å². The standard InChI is InChI=1S/C15H22N2O3S/c1-10(2)11-3-5-12(6-4-11)13-9-14(13)15(18)17-7-8-21(16,19)20/h3-6,10,13-14H,7-9H2,1-2H3,(H,17,18)(H2,16,19,20)/t13-,14-/m0/s1. The van der Waals surface area contributed by atoms with E-state index in [1.165, 1.54) is 11.1 Å². The second kappa shape index (κ2) is 6.15. The minimum atomic E-state index is -3.52. The van der Waals surface area contributed by atoms with Crippen LogP contribution in [0.1, 0.15) is 43.2 Å². The van der Waals surface area contributed by atoms with Crippen LogP contribution in [0.3, 0.4) is 0 Å². The van der Waals surface area contributed by atoms with Gasteiger partial charge in [0.2, 0.25) is 15.9 Å². The fourth-order valence-corrected chi connectivity index (χ4v) is 2.82. The Morgan fingerprint density at radius 3 is 2.48 bits per heavy atom. The zero-order chi connectivity index (χ0) is 15.6. The maximum Gasteiger partial charge on any atom is 0.223 e. The molecule has 1 saturated carbocycles. The average Bonchev–Trinajstić information content (AvgIpc) is 3.17. The Kier molecular flexibility index (Phi) is 4.68. The number of carbonyl (C=O) groups is 1. The molecule has 2 rings (SSSR count). The second-order valence-corrected chi connectivity index (χ2v) is 7.66. The molecule has 0 radical (unpaired) electrons. The Balaban J connectivity index is 1.85. The van der Waals surface area contributed by atoms with E-state index in [2.05, 4.69) is 43.4 Å². The highest BCUT2D eigenvalue weighted by Crippen LogP contribution is 2.47. The van der Waals surface area contributed by atoms with E-state index in [1.807, 2.05) is 0 Å². The third-order valence-electron chi connectivity index (χ3n) is 3.84. The molecule has 1 aromatic rings. The highest BCUT2D eigenvalue weighted by atomic mass is 32.2. The first-order valence-corrected chi connectivity index (χ1v) is 8.87. The largest absolute Gasteiger partial charge is 0.355 e. The molecule has 0 unspecified atom stereocenters. The average molecular weight is 310 g/mol. The third-order valence-corrected chi connectivity index (χ3v) is 4.62. The molecule has 6 heteroatoms. The van der Waals surface area contributed by atoms with Gasteiger partial charge in [0.1, 0.15) is 0 Å². The van der Waals surface area contributed by atoms with Crippen molar-refractivity contribution in [1.82, 2.24) is 5.32 Å². The molecule has 1 aromatic carbocycles. The van der Waals surface area contributed by atoms with Crippen LogP contribution in [0.4, 0.5) is 0 Å². The van der Waals surface area contributed by atoms with E-state index < -0.39 is 10.0 Å². The first-order valence-electron chi connectivity index (χ1n) is 7.16. The summed E-state index contributed by atoms with van der Waals surface area (Å²) < 4.78 is 21.6. The molecule has 1 aliphatic rings. The second-order valence-electron chi connectivity index (χ2n) is 5.93. The zero-order valence-corrected chi connectivity index (χ0v) is 13.2. The molecule has 1 fully saturated rings. The van der Waals surface area contributed by atoms with Crippen LogP contribution in [-0.2, 0) is 14.8 Å². The van der Waals surface area contributed by atoms with Crippen molar-refractivity contribution >= 4 is 15.9 Å². The minimum absolute atomic E-state index is 0.0459. The van der Waals surface area contributed by atoms with Gasteiger partial charge in [-0.15, -0.1) is 0 Å². The molecule has 0 spiro atoms. The maximum atomic E-state index is 11.9. The molecule has 21 heavy (non-hydrogen) atoms. The van der Waals surface area contributed by atoms with Crippen molar-refractivity contribution in [2.45, 2.75) is 32.1 Å². The van der Waals surface area contributed by atoms with Gasteiger partial charge in [0.25, 0.3) is 0 Å². The van der Waals surface area contributed by atoms with E-state index in [0.717, 1.165) is 6.42 Å². The first kappa shape index (κ1) is 16.0. The molecule has 1 amide bonds. The van der Waals surface area contributed by atoms with Crippen molar-refractivity contribution in [3.63, 3.8) is 0 Å². The van der Waals surface area contributed by atoms with Crippen molar-refractivity contribution in [3.05, 3.63) is 35.4 Å².